The Hall–Kier alpha value is -1.06. The Morgan fingerprint density at radius 1 is 1.43 bits per heavy atom. The minimum atomic E-state index is 0.403. The fourth-order valence-corrected chi connectivity index (χ4v) is 4.04. The van der Waals surface area contributed by atoms with Crippen molar-refractivity contribution in [1.82, 2.24) is 5.43 Å². The minimum absolute atomic E-state index is 0.403. The van der Waals surface area contributed by atoms with E-state index in [4.69, 9.17) is 10.6 Å². The lowest BCUT2D eigenvalue weighted by Crippen LogP contribution is -2.25. The zero-order valence-electron chi connectivity index (χ0n) is 11.5. The maximum atomic E-state index is 8.94. The van der Waals surface area contributed by atoms with Gasteiger partial charge in [0.25, 0.3) is 0 Å². The van der Waals surface area contributed by atoms with Crippen molar-refractivity contribution in [2.24, 2.45) is 11.7 Å². The van der Waals surface area contributed by atoms with Gasteiger partial charge >= 0.3 is 0 Å². The number of carbonyl (C=O) groups is 1. The van der Waals surface area contributed by atoms with Crippen LogP contribution in [0.2, 0.25) is 0 Å². The largest absolute Gasteiger partial charge is 0.313 e. The average molecular weight is 389 g/mol. The number of nitrogens with zero attached hydrogens (tertiary/aromatic N) is 1. The number of benzene rings is 1. The lowest BCUT2D eigenvalue weighted by atomic mass is 10.3. The molecule has 8 heteroatoms. The normalized spacial score (nSPS) is 9.52. The summed E-state index contributed by atoms with van der Waals surface area (Å²) in [6.07, 6.45) is 0.403. The van der Waals surface area contributed by atoms with Gasteiger partial charge in [-0.3, -0.25) is 10.2 Å². The quantitative estimate of drug-likeness (QED) is 0.241. The van der Waals surface area contributed by atoms with Crippen molar-refractivity contribution in [2.75, 3.05) is 12.1 Å². The topological polar surface area (TPSA) is 84.4 Å². The van der Waals surface area contributed by atoms with Gasteiger partial charge in [0.1, 0.15) is 0 Å². The molecule has 0 aliphatic heterocycles. The standard InChI is InChI=1S/C12H13BrN2S2.CH4N2O/c1-15(14)11-6-2-5-10(13)12(11)17-8-9-4-3-7-16-9;2-3-1-4/h2-7H,8,14H2,1H3;1H,2H2,(H,3,4). The fraction of sp³-hybridized carbons (Fsp3) is 0.154. The van der Waals surface area contributed by atoms with E-state index < -0.39 is 0 Å². The molecule has 21 heavy (non-hydrogen) atoms. The zero-order chi connectivity index (χ0) is 15.7. The number of thioether (sulfide) groups is 1. The van der Waals surface area contributed by atoms with E-state index in [0.717, 1.165) is 15.9 Å². The molecule has 1 amide bonds. The van der Waals surface area contributed by atoms with Crippen LogP contribution in [0.4, 0.5) is 5.69 Å². The fourth-order valence-electron chi connectivity index (χ4n) is 1.46. The molecule has 0 atom stereocenters. The highest BCUT2D eigenvalue weighted by Crippen LogP contribution is 2.37. The number of hydrogen-bond acceptors (Lipinski definition) is 6. The third-order valence-corrected chi connectivity index (χ3v) is 5.49. The number of hydrogen-bond donors (Lipinski definition) is 3. The minimum Gasteiger partial charge on any atom is -0.313 e. The van der Waals surface area contributed by atoms with Gasteiger partial charge in [0, 0.05) is 27.0 Å². The molecule has 2 rings (SSSR count). The van der Waals surface area contributed by atoms with Crippen LogP contribution in [-0.2, 0) is 10.5 Å². The van der Waals surface area contributed by atoms with Crippen molar-refractivity contribution in [3.8, 4) is 0 Å². The molecule has 5 nitrogen and oxygen atoms in total. The number of nitrogens with two attached hydrogens (primary N) is 2. The van der Waals surface area contributed by atoms with Gasteiger partial charge in [-0.2, -0.15) is 0 Å². The first-order chi connectivity index (χ1) is 10.1. The lowest BCUT2D eigenvalue weighted by molar-refractivity contribution is -0.109. The first kappa shape index (κ1) is 18.0. The molecule has 0 unspecified atom stereocenters. The lowest BCUT2D eigenvalue weighted by Gasteiger charge is -2.17. The molecule has 2 aromatic rings. The number of nitrogens with one attached hydrogen (secondary N) is 1. The third-order valence-electron chi connectivity index (χ3n) is 2.33. The summed E-state index contributed by atoms with van der Waals surface area (Å²) in [5.41, 5.74) is 2.79. The highest BCUT2D eigenvalue weighted by atomic mass is 79.9. The number of anilines is 1. The summed E-state index contributed by atoms with van der Waals surface area (Å²) in [6, 6.07) is 10.3. The summed E-state index contributed by atoms with van der Waals surface area (Å²) < 4.78 is 1.09. The molecular weight excluding hydrogens is 372 g/mol. The molecule has 0 bridgehead atoms. The van der Waals surface area contributed by atoms with E-state index in [1.807, 2.05) is 25.2 Å². The van der Waals surface area contributed by atoms with Crippen LogP contribution in [-0.4, -0.2) is 13.5 Å². The summed E-state index contributed by atoms with van der Waals surface area (Å²) in [5, 5.41) is 3.76. The molecule has 114 valence electrons. The summed E-state index contributed by atoms with van der Waals surface area (Å²) >= 11 is 7.16. The van der Waals surface area contributed by atoms with Gasteiger partial charge in [-0.25, -0.2) is 11.7 Å². The molecule has 0 fully saturated rings. The molecule has 1 aromatic heterocycles. The second-order valence-corrected chi connectivity index (χ2v) is 6.72. The molecule has 5 N–H and O–H groups in total. The number of rotatable bonds is 5. The molecule has 0 saturated heterocycles. The number of amides is 1. The van der Waals surface area contributed by atoms with Crippen LogP contribution in [0.1, 0.15) is 4.88 Å². The van der Waals surface area contributed by atoms with Gasteiger partial charge in [-0.15, -0.1) is 23.1 Å². The van der Waals surface area contributed by atoms with Crippen LogP contribution in [0.15, 0.2) is 45.1 Å². The second-order valence-electron chi connectivity index (χ2n) is 3.85. The second kappa shape index (κ2) is 9.80. The van der Waals surface area contributed by atoms with Crippen LogP contribution in [0.5, 0.6) is 0 Å². The van der Waals surface area contributed by atoms with Crippen LogP contribution in [0.25, 0.3) is 0 Å². The Morgan fingerprint density at radius 3 is 2.67 bits per heavy atom. The molecule has 1 heterocycles. The van der Waals surface area contributed by atoms with Crippen LogP contribution >= 0.6 is 39.0 Å². The summed E-state index contributed by atoms with van der Waals surface area (Å²) in [7, 11) is 1.86. The van der Waals surface area contributed by atoms with E-state index in [1.165, 1.54) is 9.77 Å². The van der Waals surface area contributed by atoms with Gasteiger partial charge < -0.3 is 5.01 Å². The van der Waals surface area contributed by atoms with E-state index >= 15 is 0 Å². The van der Waals surface area contributed by atoms with E-state index in [1.54, 1.807) is 33.5 Å². The van der Waals surface area contributed by atoms with E-state index in [2.05, 4.69) is 39.3 Å². The number of halogens is 1. The SMILES string of the molecule is CN(N)c1cccc(Br)c1SCc1cccs1.NNC=O. The van der Waals surface area contributed by atoms with Crippen molar-refractivity contribution < 1.29 is 4.79 Å². The first-order valence-corrected chi connectivity index (χ1v) is 8.57. The monoisotopic (exact) mass is 388 g/mol. The van der Waals surface area contributed by atoms with Crippen molar-refractivity contribution in [3.63, 3.8) is 0 Å². The van der Waals surface area contributed by atoms with Gasteiger partial charge in [0.2, 0.25) is 6.41 Å². The molecule has 0 radical (unpaired) electrons. The predicted molar refractivity (Wildman–Crippen MR) is 94.0 cm³/mol. The van der Waals surface area contributed by atoms with Crippen molar-refractivity contribution in [1.29, 1.82) is 0 Å². The highest BCUT2D eigenvalue weighted by molar-refractivity contribution is 9.10. The Bertz CT molecular complexity index is 549. The van der Waals surface area contributed by atoms with Crippen LogP contribution in [0, 0.1) is 0 Å². The molecule has 0 saturated carbocycles. The predicted octanol–water partition coefficient (Wildman–Crippen LogP) is 2.72. The molecule has 0 aliphatic rings. The number of hydrazine groups is 2. The van der Waals surface area contributed by atoms with Gasteiger partial charge in [-0.05, 0) is 39.5 Å². The first-order valence-electron chi connectivity index (χ1n) is 5.92. The number of thiophene rings is 1. The Kier molecular flexibility index (Phi) is 8.40. The Labute approximate surface area is 140 Å². The van der Waals surface area contributed by atoms with Crippen LogP contribution < -0.4 is 22.1 Å². The molecule has 0 aliphatic carbocycles. The Morgan fingerprint density at radius 2 is 2.14 bits per heavy atom. The molecule has 0 spiro atoms. The van der Waals surface area contributed by atoms with Crippen molar-refractivity contribution in [3.05, 3.63) is 45.1 Å². The zero-order valence-corrected chi connectivity index (χ0v) is 14.7. The van der Waals surface area contributed by atoms with Crippen molar-refractivity contribution in [2.45, 2.75) is 10.6 Å². The summed E-state index contributed by atoms with van der Waals surface area (Å²) in [4.78, 5) is 11.5. The third kappa shape index (κ3) is 6.06. The number of carbonyl (C=O) groups excluding carboxylic acids is 1. The highest BCUT2D eigenvalue weighted by Gasteiger charge is 2.09. The van der Waals surface area contributed by atoms with Gasteiger partial charge in [0.05, 0.1) is 5.69 Å². The maximum Gasteiger partial charge on any atom is 0.221 e. The maximum absolute atomic E-state index is 8.94. The smallest absolute Gasteiger partial charge is 0.221 e. The molecular formula is C13H17BrN4OS2. The van der Waals surface area contributed by atoms with E-state index in [0.29, 0.717) is 6.41 Å². The van der Waals surface area contributed by atoms with Gasteiger partial charge in [0.15, 0.2) is 0 Å². The van der Waals surface area contributed by atoms with E-state index in [-0.39, 0.29) is 0 Å². The van der Waals surface area contributed by atoms with Crippen LogP contribution in [0.3, 0.4) is 0 Å². The van der Waals surface area contributed by atoms with Gasteiger partial charge in [-0.1, -0.05) is 12.1 Å². The average Bonchev–Trinajstić information content (AvgIpc) is 2.99. The van der Waals surface area contributed by atoms with E-state index in [9.17, 15) is 0 Å². The Balaban J connectivity index is 0.000000491. The summed E-state index contributed by atoms with van der Waals surface area (Å²) in [5.74, 6) is 11.2. The molecule has 1 aromatic carbocycles. The summed E-state index contributed by atoms with van der Waals surface area (Å²) in [6.45, 7) is 0. The van der Waals surface area contributed by atoms with Crippen molar-refractivity contribution >= 4 is 51.1 Å².